The Bertz CT molecular complexity index is 549. The van der Waals surface area contributed by atoms with Crippen LogP contribution in [0.4, 0.5) is 5.69 Å². The lowest BCUT2D eigenvalue weighted by Crippen LogP contribution is -2.22. The maximum atomic E-state index is 5.60. The van der Waals surface area contributed by atoms with Crippen molar-refractivity contribution >= 4 is 5.69 Å². The lowest BCUT2D eigenvalue weighted by atomic mass is 10.0. The first-order chi connectivity index (χ1) is 10.2. The molecule has 2 heteroatoms. The van der Waals surface area contributed by atoms with Gasteiger partial charge in [0.05, 0.1) is 0 Å². The average Bonchev–Trinajstić information content (AvgIpc) is 2.52. The molecular weight excluding hydrogens is 256 g/mol. The van der Waals surface area contributed by atoms with Gasteiger partial charge in [-0.3, -0.25) is 0 Å². The fourth-order valence-corrected chi connectivity index (χ4v) is 2.64. The third-order valence-corrected chi connectivity index (χ3v) is 3.94. The quantitative estimate of drug-likeness (QED) is 0.834. The van der Waals surface area contributed by atoms with Crippen molar-refractivity contribution < 1.29 is 0 Å². The smallest absolute Gasteiger partial charge is 0.0429 e. The van der Waals surface area contributed by atoms with Crippen LogP contribution in [0, 0.1) is 6.92 Å². The molecule has 2 aromatic rings. The minimum atomic E-state index is 0.760. The van der Waals surface area contributed by atoms with E-state index in [1.807, 2.05) is 0 Å². The van der Waals surface area contributed by atoms with Crippen LogP contribution in [0.15, 0.2) is 48.5 Å². The highest BCUT2D eigenvalue weighted by Crippen LogP contribution is 2.22. The highest BCUT2D eigenvalue weighted by atomic mass is 15.1. The van der Waals surface area contributed by atoms with Crippen molar-refractivity contribution in [1.82, 2.24) is 0 Å². The molecule has 2 aromatic carbocycles. The molecule has 0 aliphatic heterocycles. The summed E-state index contributed by atoms with van der Waals surface area (Å²) < 4.78 is 0. The van der Waals surface area contributed by atoms with Crippen LogP contribution >= 0.6 is 0 Å². The Labute approximate surface area is 128 Å². The molecule has 0 amide bonds. The SMILES string of the molecule is CCN(Cc1ccccc1)c1ccc(CCCN)c(C)c1. The fraction of sp³-hybridized carbons (Fsp3) is 0.368. The highest BCUT2D eigenvalue weighted by molar-refractivity contribution is 5.51. The van der Waals surface area contributed by atoms with Crippen molar-refractivity contribution in [1.29, 1.82) is 0 Å². The second kappa shape index (κ2) is 7.84. The molecule has 0 radical (unpaired) electrons. The maximum Gasteiger partial charge on any atom is 0.0429 e. The number of hydrogen-bond acceptors (Lipinski definition) is 2. The summed E-state index contributed by atoms with van der Waals surface area (Å²) in [6.45, 7) is 7.14. The topological polar surface area (TPSA) is 29.3 Å². The number of nitrogens with zero attached hydrogens (tertiary/aromatic N) is 1. The summed E-state index contributed by atoms with van der Waals surface area (Å²) in [6.07, 6.45) is 2.13. The van der Waals surface area contributed by atoms with Gasteiger partial charge in [-0.2, -0.15) is 0 Å². The van der Waals surface area contributed by atoms with Crippen LogP contribution in [0.3, 0.4) is 0 Å². The van der Waals surface area contributed by atoms with Gasteiger partial charge in [-0.1, -0.05) is 36.4 Å². The highest BCUT2D eigenvalue weighted by Gasteiger charge is 2.07. The minimum absolute atomic E-state index is 0.760. The summed E-state index contributed by atoms with van der Waals surface area (Å²) in [5.41, 5.74) is 11.0. The fourth-order valence-electron chi connectivity index (χ4n) is 2.64. The predicted octanol–water partition coefficient (Wildman–Crippen LogP) is 3.91. The van der Waals surface area contributed by atoms with Gasteiger partial charge in [-0.15, -0.1) is 0 Å². The zero-order valence-electron chi connectivity index (χ0n) is 13.2. The molecule has 0 fully saturated rings. The van der Waals surface area contributed by atoms with E-state index < -0.39 is 0 Å². The van der Waals surface area contributed by atoms with Gasteiger partial charge >= 0.3 is 0 Å². The van der Waals surface area contributed by atoms with E-state index in [1.54, 1.807) is 0 Å². The summed E-state index contributed by atoms with van der Waals surface area (Å²) in [7, 11) is 0. The average molecular weight is 282 g/mol. The lowest BCUT2D eigenvalue weighted by molar-refractivity contribution is 0.818. The summed E-state index contributed by atoms with van der Waals surface area (Å²) in [6, 6.07) is 17.4. The second-order valence-corrected chi connectivity index (χ2v) is 5.50. The lowest BCUT2D eigenvalue weighted by Gasteiger charge is -2.24. The third kappa shape index (κ3) is 4.33. The molecule has 2 rings (SSSR count). The van der Waals surface area contributed by atoms with Crippen LogP contribution < -0.4 is 10.6 Å². The Balaban J connectivity index is 2.13. The zero-order chi connectivity index (χ0) is 15.1. The summed E-state index contributed by atoms with van der Waals surface area (Å²) in [5, 5.41) is 0. The largest absolute Gasteiger partial charge is 0.367 e. The molecule has 0 spiro atoms. The predicted molar refractivity (Wildman–Crippen MR) is 91.7 cm³/mol. The Morgan fingerprint density at radius 3 is 2.43 bits per heavy atom. The molecule has 0 saturated carbocycles. The van der Waals surface area contributed by atoms with Gasteiger partial charge in [0.25, 0.3) is 0 Å². The van der Waals surface area contributed by atoms with Crippen LogP contribution in [-0.2, 0) is 13.0 Å². The van der Waals surface area contributed by atoms with Crippen molar-refractivity contribution in [2.24, 2.45) is 5.73 Å². The van der Waals surface area contributed by atoms with Gasteiger partial charge in [0.1, 0.15) is 0 Å². The van der Waals surface area contributed by atoms with Crippen molar-refractivity contribution in [3.8, 4) is 0 Å². The third-order valence-electron chi connectivity index (χ3n) is 3.94. The van der Waals surface area contributed by atoms with E-state index in [4.69, 9.17) is 5.73 Å². The van der Waals surface area contributed by atoms with Crippen LogP contribution in [-0.4, -0.2) is 13.1 Å². The van der Waals surface area contributed by atoms with E-state index in [9.17, 15) is 0 Å². The first-order valence-corrected chi connectivity index (χ1v) is 7.83. The van der Waals surface area contributed by atoms with Crippen molar-refractivity contribution in [2.75, 3.05) is 18.0 Å². The molecule has 2 N–H and O–H groups in total. The molecule has 112 valence electrons. The normalized spacial score (nSPS) is 10.6. The maximum absolute atomic E-state index is 5.60. The number of aryl methyl sites for hydroxylation is 2. The van der Waals surface area contributed by atoms with E-state index in [0.717, 1.165) is 32.5 Å². The standard InChI is InChI=1S/C19H26N2/c1-3-21(15-17-8-5-4-6-9-17)19-12-11-18(10-7-13-20)16(2)14-19/h4-6,8-9,11-12,14H,3,7,10,13,15,20H2,1-2H3. The Morgan fingerprint density at radius 2 is 1.81 bits per heavy atom. The molecule has 0 aliphatic carbocycles. The molecule has 0 bridgehead atoms. The molecule has 0 atom stereocenters. The van der Waals surface area contributed by atoms with E-state index in [-0.39, 0.29) is 0 Å². The zero-order valence-corrected chi connectivity index (χ0v) is 13.2. The minimum Gasteiger partial charge on any atom is -0.367 e. The number of rotatable bonds is 7. The molecule has 21 heavy (non-hydrogen) atoms. The number of hydrogen-bond donors (Lipinski definition) is 1. The number of anilines is 1. The molecule has 0 aliphatic rings. The van der Waals surface area contributed by atoms with Crippen LogP contribution in [0.1, 0.15) is 30.0 Å². The van der Waals surface area contributed by atoms with Crippen molar-refractivity contribution in [3.63, 3.8) is 0 Å². The molecule has 0 saturated heterocycles. The Hall–Kier alpha value is -1.80. The molecular formula is C19H26N2. The van der Waals surface area contributed by atoms with E-state index in [0.29, 0.717) is 0 Å². The number of benzene rings is 2. The molecule has 0 unspecified atom stereocenters. The van der Waals surface area contributed by atoms with Gasteiger partial charge in [-0.05, 0) is 62.1 Å². The van der Waals surface area contributed by atoms with Crippen LogP contribution in [0.2, 0.25) is 0 Å². The van der Waals surface area contributed by atoms with E-state index >= 15 is 0 Å². The summed E-state index contributed by atoms with van der Waals surface area (Å²) in [4.78, 5) is 2.41. The second-order valence-electron chi connectivity index (χ2n) is 5.50. The molecule has 0 heterocycles. The summed E-state index contributed by atoms with van der Waals surface area (Å²) in [5.74, 6) is 0. The van der Waals surface area contributed by atoms with Gasteiger partial charge in [0.15, 0.2) is 0 Å². The Morgan fingerprint density at radius 1 is 1.05 bits per heavy atom. The first kappa shape index (κ1) is 15.6. The Kier molecular flexibility index (Phi) is 5.82. The van der Waals surface area contributed by atoms with E-state index in [1.165, 1.54) is 22.4 Å². The van der Waals surface area contributed by atoms with Crippen LogP contribution in [0.5, 0.6) is 0 Å². The van der Waals surface area contributed by atoms with Gasteiger partial charge in [0.2, 0.25) is 0 Å². The molecule has 2 nitrogen and oxygen atoms in total. The van der Waals surface area contributed by atoms with Crippen LogP contribution in [0.25, 0.3) is 0 Å². The number of nitrogens with two attached hydrogens (primary N) is 1. The van der Waals surface area contributed by atoms with Gasteiger partial charge in [0, 0.05) is 18.8 Å². The van der Waals surface area contributed by atoms with E-state index in [2.05, 4.69) is 67.3 Å². The molecule has 0 aromatic heterocycles. The summed E-state index contributed by atoms with van der Waals surface area (Å²) >= 11 is 0. The van der Waals surface area contributed by atoms with Gasteiger partial charge < -0.3 is 10.6 Å². The first-order valence-electron chi connectivity index (χ1n) is 7.83. The van der Waals surface area contributed by atoms with Gasteiger partial charge in [-0.25, -0.2) is 0 Å². The van der Waals surface area contributed by atoms with Crippen molar-refractivity contribution in [2.45, 2.75) is 33.2 Å². The van der Waals surface area contributed by atoms with Crippen molar-refractivity contribution in [3.05, 3.63) is 65.2 Å². The monoisotopic (exact) mass is 282 g/mol.